The van der Waals surface area contributed by atoms with Gasteiger partial charge in [-0.05, 0) is 44.7 Å². The number of carbonyl (C=O) groups is 1. The van der Waals surface area contributed by atoms with Crippen molar-refractivity contribution >= 4 is 27.3 Å². The van der Waals surface area contributed by atoms with E-state index in [2.05, 4.69) is 28.7 Å². The van der Waals surface area contributed by atoms with E-state index in [0.717, 1.165) is 39.1 Å². The number of likely N-dealkylation sites (tertiary alicyclic amines) is 1. The Morgan fingerprint density at radius 1 is 1.37 bits per heavy atom. The maximum atomic E-state index is 12.0. The van der Waals surface area contributed by atoms with E-state index in [1.54, 1.807) is 6.92 Å². The van der Waals surface area contributed by atoms with E-state index in [4.69, 9.17) is 14.6 Å². The van der Waals surface area contributed by atoms with Gasteiger partial charge in [0.1, 0.15) is 0 Å². The summed E-state index contributed by atoms with van der Waals surface area (Å²) >= 11 is 1.82. The molecule has 0 radical (unpaired) electrons. The number of thiophene rings is 1. The van der Waals surface area contributed by atoms with Crippen molar-refractivity contribution in [2.75, 3.05) is 25.4 Å². The first-order valence-electron chi connectivity index (χ1n) is 9.60. The third kappa shape index (κ3) is 7.49. The van der Waals surface area contributed by atoms with Crippen LogP contribution in [-0.2, 0) is 26.1 Å². The molecule has 0 unspecified atom stereocenters. The Bertz CT molecular complexity index is 813. The summed E-state index contributed by atoms with van der Waals surface area (Å²) in [5.41, 5.74) is 0. The molecular formula is C18H27F3N2O5S2. The Morgan fingerprint density at radius 3 is 2.57 bits per heavy atom. The van der Waals surface area contributed by atoms with Crippen molar-refractivity contribution in [3.63, 3.8) is 0 Å². The zero-order chi connectivity index (χ0) is 22.5. The molecule has 3 rings (SSSR count). The highest BCUT2D eigenvalue weighted by Gasteiger charge is 2.40. The molecule has 2 saturated heterocycles. The number of sulfonamides is 1. The standard InChI is InChI=1S/C16H26N2O3S2.C2HF3O2/c1-3-23(19,20)17-15-11-18(10-14-7-6-12(2)22-14)9-13-5-4-8-21-16(13)15;3-2(4,5)1(6)7/h6-7,13,15-17H,3-5,8-11H2,1-2H3;(H,6,7)/t13-,15+,16-;/m0./s1. The maximum absolute atomic E-state index is 12.0. The molecule has 12 heteroatoms. The van der Waals surface area contributed by atoms with Crippen LogP contribution in [-0.4, -0.2) is 68.2 Å². The molecule has 0 saturated carbocycles. The molecule has 0 bridgehead atoms. The molecule has 1 aromatic rings. The van der Waals surface area contributed by atoms with E-state index in [9.17, 15) is 21.6 Å². The predicted octanol–water partition coefficient (Wildman–Crippen LogP) is 2.61. The summed E-state index contributed by atoms with van der Waals surface area (Å²) in [6, 6.07) is 4.18. The van der Waals surface area contributed by atoms with Crippen LogP contribution >= 0.6 is 11.3 Å². The molecule has 3 heterocycles. The van der Waals surface area contributed by atoms with Crippen molar-refractivity contribution in [1.82, 2.24) is 9.62 Å². The van der Waals surface area contributed by atoms with Crippen molar-refractivity contribution < 1.29 is 36.2 Å². The van der Waals surface area contributed by atoms with E-state index in [-0.39, 0.29) is 17.9 Å². The first-order chi connectivity index (χ1) is 13.9. The minimum absolute atomic E-state index is 0.0198. The van der Waals surface area contributed by atoms with Crippen molar-refractivity contribution in [2.45, 2.75) is 51.6 Å². The SMILES string of the molecule is CCS(=O)(=O)N[C@@H]1CN(Cc2ccc(C)s2)C[C@@H]2CCCO[C@@H]21.O=C(O)C(F)(F)F. The largest absolute Gasteiger partial charge is 0.490 e. The third-order valence-electron chi connectivity index (χ3n) is 4.97. The van der Waals surface area contributed by atoms with E-state index in [1.807, 2.05) is 11.3 Å². The monoisotopic (exact) mass is 472 g/mol. The smallest absolute Gasteiger partial charge is 0.475 e. The van der Waals surface area contributed by atoms with Crippen LogP contribution in [0, 0.1) is 12.8 Å². The lowest BCUT2D eigenvalue weighted by molar-refractivity contribution is -0.192. The fourth-order valence-electron chi connectivity index (χ4n) is 3.63. The molecule has 0 spiro atoms. The van der Waals surface area contributed by atoms with Gasteiger partial charge in [-0.2, -0.15) is 13.2 Å². The van der Waals surface area contributed by atoms with Gasteiger partial charge in [0, 0.05) is 36.0 Å². The van der Waals surface area contributed by atoms with Crippen LogP contribution in [0.4, 0.5) is 13.2 Å². The van der Waals surface area contributed by atoms with Gasteiger partial charge in [0.05, 0.1) is 17.9 Å². The van der Waals surface area contributed by atoms with Crippen LogP contribution in [0.2, 0.25) is 0 Å². The number of piperidine rings is 1. The number of carboxylic acids is 1. The molecule has 0 aromatic carbocycles. The van der Waals surface area contributed by atoms with Crippen molar-refractivity contribution in [2.24, 2.45) is 5.92 Å². The number of nitrogens with zero attached hydrogens (tertiary/aromatic N) is 1. The summed E-state index contributed by atoms with van der Waals surface area (Å²) in [5.74, 6) is -2.22. The maximum Gasteiger partial charge on any atom is 0.490 e. The summed E-state index contributed by atoms with van der Waals surface area (Å²) in [6.07, 6.45) is -2.87. The Hall–Kier alpha value is -1.21. The van der Waals surface area contributed by atoms with Gasteiger partial charge in [0.15, 0.2) is 0 Å². The zero-order valence-corrected chi connectivity index (χ0v) is 18.4. The number of aryl methyl sites for hydroxylation is 1. The van der Waals surface area contributed by atoms with Gasteiger partial charge in [0.25, 0.3) is 0 Å². The first kappa shape index (κ1) is 25.1. The number of halogens is 3. The van der Waals surface area contributed by atoms with Gasteiger partial charge >= 0.3 is 12.1 Å². The highest BCUT2D eigenvalue weighted by atomic mass is 32.2. The highest BCUT2D eigenvalue weighted by Crippen LogP contribution is 2.30. The molecule has 2 aliphatic rings. The summed E-state index contributed by atoms with van der Waals surface area (Å²) in [4.78, 5) is 13.9. The quantitative estimate of drug-likeness (QED) is 0.684. The molecule has 0 aliphatic carbocycles. The fraction of sp³-hybridized carbons (Fsp3) is 0.722. The minimum Gasteiger partial charge on any atom is -0.475 e. The highest BCUT2D eigenvalue weighted by molar-refractivity contribution is 7.89. The molecule has 1 aromatic heterocycles. The topological polar surface area (TPSA) is 95.9 Å². The van der Waals surface area contributed by atoms with E-state index in [0.29, 0.717) is 5.92 Å². The number of alkyl halides is 3. The number of fused-ring (bicyclic) bond motifs is 1. The Kier molecular flexibility index (Phi) is 8.69. The molecule has 0 amide bonds. The number of carboxylic acid groups (broad SMARTS) is 1. The lowest BCUT2D eigenvalue weighted by Gasteiger charge is -2.45. The number of hydrogen-bond acceptors (Lipinski definition) is 6. The lowest BCUT2D eigenvalue weighted by Crippen LogP contribution is -2.60. The van der Waals surface area contributed by atoms with Crippen LogP contribution in [0.25, 0.3) is 0 Å². The number of rotatable bonds is 5. The van der Waals surface area contributed by atoms with Gasteiger partial charge in [-0.25, -0.2) is 17.9 Å². The molecule has 3 atom stereocenters. The minimum atomic E-state index is -5.08. The summed E-state index contributed by atoms with van der Waals surface area (Å²) in [7, 11) is -3.22. The number of nitrogens with one attached hydrogen (secondary N) is 1. The summed E-state index contributed by atoms with van der Waals surface area (Å²) < 4.78 is 64.6. The average Bonchev–Trinajstić information content (AvgIpc) is 3.06. The van der Waals surface area contributed by atoms with Crippen LogP contribution in [0.3, 0.4) is 0 Å². The van der Waals surface area contributed by atoms with Crippen LogP contribution < -0.4 is 4.72 Å². The summed E-state index contributed by atoms with van der Waals surface area (Å²) in [6.45, 7) is 7.15. The van der Waals surface area contributed by atoms with Gasteiger partial charge in [0.2, 0.25) is 10.0 Å². The number of ether oxygens (including phenoxy) is 1. The van der Waals surface area contributed by atoms with Gasteiger partial charge in [-0.3, -0.25) is 4.90 Å². The molecule has 2 aliphatic heterocycles. The van der Waals surface area contributed by atoms with Gasteiger partial charge in [-0.1, -0.05) is 0 Å². The predicted molar refractivity (Wildman–Crippen MR) is 107 cm³/mol. The molecule has 172 valence electrons. The lowest BCUT2D eigenvalue weighted by atomic mass is 9.86. The Balaban J connectivity index is 0.000000396. The third-order valence-corrected chi connectivity index (χ3v) is 7.37. The molecule has 30 heavy (non-hydrogen) atoms. The van der Waals surface area contributed by atoms with Crippen LogP contribution in [0.15, 0.2) is 12.1 Å². The summed E-state index contributed by atoms with van der Waals surface area (Å²) in [5, 5.41) is 7.12. The first-order valence-corrected chi connectivity index (χ1v) is 12.1. The zero-order valence-electron chi connectivity index (χ0n) is 16.8. The second kappa shape index (κ2) is 10.4. The van der Waals surface area contributed by atoms with Crippen LogP contribution in [0.5, 0.6) is 0 Å². The van der Waals surface area contributed by atoms with E-state index < -0.39 is 22.2 Å². The van der Waals surface area contributed by atoms with Gasteiger partial charge < -0.3 is 9.84 Å². The van der Waals surface area contributed by atoms with Crippen molar-refractivity contribution in [3.05, 3.63) is 21.9 Å². The Labute approximate surface area is 178 Å². The normalized spacial score (nSPS) is 25.2. The fourth-order valence-corrected chi connectivity index (χ4v) is 5.40. The molecule has 2 N–H and O–H groups in total. The van der Waals surface area contributed by atoms with Crippen LogP contribution in [0.1, 0.15) is 29.5 Å². The second-order valence-corrected chi connectivity index (χ2v) is 10.8. The number of aliphatic carboxylic acids is 1. The van der Waals surface area contributed by atoms with E-state index in [1.165, 1.54) is 9.75 Å². The molecular weight excluding hydrogens is 445 g/mol. The van der Waals surface area contributed by atoms with Crippen molar-refractivity contribution in [3.8, 4) is 0 Å². The van der Waals surface area contributed by atoms with Gasteiger partial charge in [-0.15, -0.1) is 11.3 Å². The average molecular weight is 473 g/mol. The second-order valence-electron chi connectivity index (χ2n) is 7.37. The number of hydrogen-bond donors (Lipinski definition) is 2. The molecule has 7 nitrogen and oxygen atoms in total. The Morgan fingerprint density at radius 2 is 2.03 bits per heavy atom. The van der Waals surface area contributed by atoms with Crippen molar-refractivity contribution in [1.29, 1.82) is 0 Å². The van der Waals surface area contributed by atoms with E-state index >= 15 is 0 Å². The molecule has 2 fully saturated rings.